The average Bonchev–Trinajstić information content (AvgIpc) is 2.35. The van der Waals surface area contributed by atoms with Crippen LogP contribution in [0.5, 0.6) is 0 Å². The SMILES string of the molecule is Cc1ccc2c(c1)CCCN2C(=O)C1(C(N)=S)CCC1. The molecule has 2 aliphatic rings. The summed E-state index contributed by atoms with van der Waals surface area (Å²) in [7, 11) is 0. The minimum Gasteiger partial charge on any atom is -0.392 e. The summed E-state index contributed by atoms with van der Waals surface area (Å²) in [6.07, 6.45) is 4.70. The zero-order chi connectivity index (χ0) is 14.3. The molecule has 1 aromatic rings. The van der Waals surface area contributed by atoms with Crippen molar-refractivity contribution in [2.45, 2.75) is 39.0 Å². The van der Waals surface area contributed by atoms with E-state index < -0.39 is 5.41 Å². The summed E-state index contributed by atoms with van der Waals surface area (Å²) < 4.78 is 0. The van der Waals surface area contributed by atoms with Gasteiger partial charge in [-0.15, -0.1) is 0 Å². The predicted octanol–water partition coefficient (Wildman–Crippen LogP) is 2.73. The van der Waals surface area contributed by atoms with Crippen LogP contribution in [-0.2, 0) is 11.2 Å². The molecule has 3 nitrogen and oxygen atoms in total. The summed E-state index contributed by atoms with van der Waals surface area (Å²) in [5.41, 5.74) is 8.85. The van der Waals surface area contributed by atoms with E-state index in [1.807, 2.05) is 4.90 Å². The highest BCUT2D eigenvalue weighted by atomic mass is 32.1. The summed E-state index contributed by atoms with van der Waals surface area (Å²) in [5, 5.41) is 0. The van der Waals surface area contributed by atoms with E-state index >= 15 is 0 Å². The van der Waals surface area contributed by atoms with Crippen LogP contribution in [0.15, 0.2) is 18.2 Å². The molecule has 4 heteroatoms. The standard InChI is InChI=1S/C16H20N2OS/c1-11-5-6-13-12(10-11)4-2-9-18(13)15(19)16(14(17)20)7-3-8-16/h5-6,10H,2-4,7-9H2,1H3,(H2,17,20). The lowest BCUT2D eigenvalue weighted by atomic mass is 9.67. The molecule has 1 aliphatic heterocycles. The van der Waals surface area contributed by atoms with Gasteiger partial charge < -0.3 is 10.6 Å². The summed E-state index contributed by atoms with van der Waals surface area (Å²) in [6, 6.07) is 6.31. The molecule has 0 radical (unpaired) electrons. The van der Waals surface area contributed by atoms with Crippen LogP contribution in [0.3, 0.4) is 0 Å². The molecule has 1 saturated carbocycles. The van der Waals surface area contributed by atoms with Gasteiger partial charge in [-0.3, -0.25) is 4.79 Å². The van der Waals surface area contributed by atoms with E-state index in [1.165, 1.54) is 11.1 Å². The topological polar surface area (TPSA) is 46.3 Å². The largest absolute Gasteiger partial charge is 0.392 e. The van der Waals surface area contributed by atoms with E-state index in [2.05, 4.69) is 25.1 Å². The second kappa shape index (κ2) is 4.85. The van der Waals surface area contributed by atoms with Crippen LogP contribution in [0.4, 0.5) is 5.69 Å². The molecule has 20 heavy (non-hydrogen) atoms. The van der Waals surface area contributed by atoms with Crippen LogP contribution in [0.25, 0.3) is 0 Å². The fourth-order valence-electron chi connectivity index (χ4n) is 3.29. The lowest BCUT2D eigenvalue weighted by Crippen LogP contribution is -2.55. The molecule has 0 saturated heterocycles. The summed E-state index contributed by atoms with van der Waals surface area (Å²) in [4.78, 5) is 15.2. The van der Waals surface area contributed by atoms with Gasteiger partial charge in [0.15, 0.2) is 0 Å². The van der Waals surface area contributed by atoms with Crippen molar-refractivity contribution >= 4 is 28.8 Å². The number of nitrogens with zero attached hydrogens (tertiary/aromatic N) is 1. The first kappa shape index (κ1) is 13.6. The Hall–Kier alpha value is -1.42. The van der Waals surface area contributed by atoms with Gasteiger partial charge >= 0.3 is 0 Å². The maximum Gasteiger partial charge on any atom is 0.240 e. The van der Waals surface area contributed by atoms with E-state index in [9.17, 15) is 4.79 Å². The third-order valence-electron chi connectivity index (χ3n) is 4.69. The lowest BCUT2D eigenvalue weighted by Gasteiger charge is -2.44. The molecule has 0 bridgehead atoms. The van der Waals surface area contributed by atoms with Crippen molar-refractivity contribution in [1.82, 2.24) is 0 Å². The second-order valence-corrected chi connectivity index (χ2v) is 6.43. The van der Waals surface area contributed by atoms with Crippen LogP contribution in [-0.4, -0.2) is 17.4 Å². The number of hydrogen-bond acceptors (Lipinski definition) is 2. The average molecular weight is 288 g/mol. The normalized spacial score (nSPS) is 19.9. The first-order valence-corrected chi connectivity index (χ1v) is 7.67. The first-order chi connectivity index (χ1) is 9.54. The van der Waals surface area contributed by atoms with Gasteiger partial charge in [0, 0.05) is 12.2 Å². The van der Waals surface area contributed by atoms with Gasteiger partial charge in [-0.25, -0.2) is 0 Å². The molecular formula is C16H20N2OS. The Morgan fingerprint density at radius 3 is 2.70 bits per heavy atom. The summed E-state index contributed by atoms with van der Waals surface area (Å²) in [6.45, 7) is 2.86. The van der Waals surface area contributed by atoms with E-state index in [4.69, 9.17) is 18.0 Å². The molecule has 1 fully saturated rings. The monoisotopic (exact) mass is 288 g/mol. The van der Waals surface area contributed by atoms with E-state index in [0.717, 1.165) is 44.3 Å². The molecule has 2 N–H and O–H groups in total. The van der Waals surface area contributed by atoms with Gasteiger partial charge in [0.05, 0.1) is 10.4 Å². The van der Waals surface area contributed by atoms with Crippen molar-refractivity contribution in [3.63, 3.8) is 0 Å². The molecule has 3 rings (SSSR count). The zero-order valence-electron chi connectivity index (χ0n) is 11.8. The third kappa shape index (κ3) is 1.94. The minimum absolute atomic E-state index is 0.112. The molecule has 1 aliphatic carbocycles. The van der Waals surface area contributed by atoms with Crippen molar-refractivity contribution in [2.24, 2.45) is 11.1 Å². The molecule has 106 valence electrons. The smallest absolute Gasteiger partial charge is 0.240 e. The van der Waals surface area contributed by atoms with Crippen LogP contribution in [0, 0.1) is 12.3 Å². The van der Waals surface area contributed by atoms with Gasteiger partial charge in [-0.1, -0.05) is 36.3 Å². The number of anilines is 1. The maximum atomic E-state index is 12.9. The number of aryl methyl sites for hydroxylation is 2. The molecule has 0 unspecified atom stereocenters. The number of thiocarbonyl (C=S) groups is 1. The van der Waals surface area contributed by atoms with Crippen LogP contribution in [0.1, 0.15) is 36.8 Å². The van der Waals surface area contributed by atoms with Gasteiger partial charge in [0.25, 0.3) is 0 Å². The second-order valence-electron chi connectivity index (χ2n) is 5.99. The van der Waals surface area contributed by atoms with Gasteiger partial charge in [-0.05, 0) is 44.2 Å². The number of rotatable bonds is 2. The fourth-order valence-corrected chi connectivity index (χ4v) is 3.58. The number of amides is 1. The van der Waals surface area contributed by atoms with E-state index in [0.29, 0.717) is 4.99 Å². The molecule has 0 aromatic heterocycles. The highest BCUT2D eigenvalue weighted by molar-refractivity contribution is 7.80. The number of carbonyl (C=O) groups is 1. The first-order valence-electron chi connectivity index (χ1n) is 7.26. The van der Waals surface area contributed by atoms with Gasteiger partial charge in [-0.2, -0.15) is 0 Å². The number of benzene rings is 1. The quantitative estimate of drug-likeness (QED) is 0.851. The molecule has 1 amide bonds. The van der Waals surface area contributed by atoms with Crippen molar-refractivity contribution in [2.75, 3.05) is 11.4 Å². The van der Waals surface area contributed by atoms with Crippen molar-refractivity contribution in [3.8, 4) is 0 Å². The number of fused-ring (bicyclic) bond motifs is 1. The lowest BCUT2D eigenvalue weighted by molar-refractivity contribution is -0.128. The maximum absolute atomic E-state index is 12.9. The van der Waals surface area contributed by atoms with Crippen LogP contribution >= 0.6 is 12.2 Å². The van der Waals surface area contributed by atoms with Crippen molar-refractivity contribution in [1.29, 1.82) is 0 Å². The van der Waals surface area contributed by atoms with Crippen molar-refractivity contribution < 1.29 is 4.79 Å². The summed E-state index contributed by atoms with van der Waals surface area (Å²) >= 11 is 5.18. The van der Waals surface area contributed by atoms with E-state index in [-0.39, 0.29) is 5.91 Å². The Balaban J connectivity index is 1.96. The molecule has 1 aromatic carbocycles. The molecular weight excluding hydrogens is 268 g/mol. The number of hydrogen-bond donors (Lipinski definition) is 1. The highest BCUT2D eigenvalue weighted by Crippen LogP contribution is 2.44. The van der Waals surface area contributed by atoms with E-state index in [1.54, 1.807) is 0 Å². The Kier molecular flexibility index (Phi) is 3.28. The van der Waals surface area contributed by atoms with Crippen molar-refractivity contribution in [3.05, 3.63) is 29.3 Å². The Labute approximate surface area is 125 Å². The Morgan fingerprint density at radius 2 is 2.10 bits per heavy atom. The number of nitrogens with two attached hydrogens (primary N) is 1. The number of carbonyl (C=O) groups excluding carboxylic acids is 1. The molecule has 1 heterocycles. The zero-order valence-corrected chi connectivity index (χ0v) is 12.6. The Morgan fingerprint density at radius 1 is 1.35 bits per heavy atom. The van der Waals surface area contributed by atoms with Gasteiger partial charge in [0.1, 0.15) is 0 Å². The summed E-state index contributed by atoms with van der Waals surface area (Å²) in [5.74, 6) is 0.112. The predicted molar refractivity (Wildman–Crippen MR) is 84.9 cm³/mol. The highest BCUT2D eigenvalue weighted by Gasteiger charge is 2.49. The fraction of sp³-hybridized carbons (Fsp3) is 0.500. The van der Waals surface area contributed by atoms with Crippen LogP contribution in [0.2, 0.25) is 0 Å². The molecule has 0 atom stereocenters. The third-order valence-corrected chi connectivity index (χ3v) is 5.08. The minimum atomic E-state index is -0.575. The molecule has 0 spiro atoms. The van der Waals surface area contributed by atoms with Gasteiger partial charge in [0.2, 0.25) is 5.91 Å². The van der Waals surface area contributed by atoms with Crippen LogP contribution < -0.4 is 10.6 Å². The Bertz CT molecular complexity index is 578.